The normalized spacial score (nSPS) is 38.5. The summed E-state index contributed by atoms with van der Waals surface area (Å²) in [5.41, 5.74) is 5.95. The highest BCUT2D eigenvalue weighted by molar-refractivity contribution is 4.85. The van der Waals surface area contributed by atoms with Crippen molar-refractivity contribution in [3.63, 3.8) is 0 Å². The molecule has 17 heavy (non-hydrogen) atoms. The molecule has 2 aliphatic rings. The quantitative estimate of drug-likeness (QED) is 0.818. The van der Waals surface area contributed by atoms with E-state index in [1.807, 2.05) is 0 Å². The third-order valence-corrected chi connectivity index (χ3v) is 4.52. The van der Waals surface area contributed by atoms with Gasteiger partial charge in [0.25, 0.3) is 0 Å². The van der Waals surface area contributed by atoms with Gasteiger partial charge in [-0.25, -0.2) is 0 Å². The van der Waals surface area contributed by atoms with Crippen LogP contribution >= 0.6 is 0 Å². The maximum atomic E-state index is 6.07. The smallest absolute Gasteiger partial charge is 0.0710 e. The molecule has 0 spiro atoms. The average Bonchev–Trinajstić information content (AvgIpc) is 2.61. The first-order valence-corrected chi connectivity index (χ1v) is 7.10. The van der Waals surface area contributed by atoms with E-state index >= 15 is 0 Å². The van der Waals surface area contributed by atoms with Crippen LogP contribution in [-0.4, -0.2) is 42.8 Å². The first kappa shape index (κ1) is 13.3. The molecular weight excluding hydrogens is 212 g/mol. The zero-order valence-electron chi connectivity index (χ0n) is 11.6. The summed E-state index contributed by atoms with van der Waals surface area (Å²) in [4.78, 5) is 2.56. The second kappa shape index (κ2) is 5.25. The Morgan fingerprint density at radius 3 is 2.71 bits per heavy atom. The molecule has 0 aromatic rings. The zero-order valence-corrected chi connectivity index (χ0v) is 11.6. The van der Waals surface area contributed by atoms with Crippen molar-refractivity contribution in [2.24, 2.45) is 17.6 Å². The topological polar surface area (TPSA) is 38.5 Å². The van der Waals surface area contributed by atoms with Crippen molar-refractivity contribution in [3.05, 3.63) is 0 Å². The van der Waals surface area contributed by atoms with Gasteiger partial charge < -0.3 is 15.4 Å². The van der Waals surface area contributed by atoms with Crippen LogP contribution in [0.1, 0.15) is 40.0 Å². The van der Waals surface area contributed by atoms with E-state index in [0.29, 0.717) is 12.0 Å². The average molecular weight is 240 g/mol. The summed E-state index contributed by atoms with van der Waals surface area (Å²) in [5, 5.41) is 0. The highest BCUT2D eigenvalue weighted by Gasteiger charge is 2.34. The van der Waals surface area contributed by atoms with Crippen LogP contribution < -0.4 is 5.73 Å². The van der Waals surface area contributed by atoms with Crippen molar-refractivity contribution in [3.8, 4) is 0 Å². The van der Waals surface area contributed by atoms with E-state index < -0.39 is 0 Å². The van der Waals surface area contributed by atoms with Crippen molar-refractivity contribution < 1.29 is 4.74 Å². The van der Waals surface area contributed by atoms with Crippen molar-refractivity contribution >= 4 is 0 Å². The molecule has 0 aliphatic carbocycles. The van der Waals surface area contributed by atoms with E-state index in [9.17, 15) is 0 Å². The van der Waals surface area contributed by atoms with Gasteiger partial charge in [-0.1, -0.05) is 6.92 Å². The molecule has 2 fully saturated rings. The Kier molecular flexibility index (Phi) is 4.11. The molecule has 100 valence electrons. The lowest BCUT2D eigenvalue weighted by molar-refractivity contribution is -0.0351. The Morgan fingerprint density at radius 1 is 1.35 bits per heavy atom. The fourth-order valence-electron chi connectivity index (χ4n) is 3.19. The van der Waals surface area contributed by atoms with Crippen LogP contribution in [-0.2, 0) is 4.74 Å². The van der Waals surface area contributed by atoms with Gasteiger partial charge in [0.15, 0.2) is 0 Å². The molecule has 0 aromatic carbocycles. The molecule has 2 aliphatic heterocycles. The van der Waals surface area contributed by atoms with Crippen molar-refractivity contribution in [1.29, 1.82) is 0 Å². The maximum Gasteiger partial charge on any atom is 0.0710 e. The molecule has 3 nitrogen and oxygen atoms in total. The minimum absolute atomic E-state index is 0.0982. The summed E-state index contributed by atoms with van der Waals surface area (Å²) in [7, 11) is 0. The minimum atomic E-state index is 0.0982. The summed E-state index contributed by atoms with van der Waals surface area (Å²) < 4.78 is 6.07. The van der Waals surface area contributed by atoms with Gasteiger partial charge >= 0.3 is 0 Å². The molecule has 0 bridgehead atoms. The van der Waals surface area contributed by atoms with Crippen LogP contribution in [0.2, 0.25) is 0 Å². The SMILES string of the molecule is CC1CCN(CC2CCC(C)(C)O2)CC1CN. The van der Waals surface area contributed by atoms with Crippen LogP contribution in [0, 0.1) is 11.8 Å². The second-order valence-electron chi connectivity index (χ2n) is 6.56. The lowest BCUT2D eigenvalue weighted by atomic mass is 9.87. The molecule has 0 amide bonds. The number of nitrogens with zero attached hydrogens (tertiary/aromatic N) is 1. The van der Waals surface area contributed by atoms with Gasteiger partial charge in [0, 0.05) is 13.1 Å². The van der Waals surface area contributed by atoms with Crippen molar-refractivity contribution in [2.45, 2.75) is 51.7 Å². The monoisotopic (exact) mass is 240 g/mol. The fourth-order valence-corrected chi connectivity index (χ4v) is 3.19. The van der Waals surface area contributed by atoms with Crippen LogP contribution in [0.3, 0.4) is 0 Å². The molecule has 0 aromatic heterocycles. The molecule has 0 radical (unpaired) electrons. The summed E-state index contributed by atoms with van der Waals surface area (Å²) in [6, 6.07) is 0. The van der Waals surface area contributed by atoms with E-state index in [1.165, 1.54) is 25.8 Å². The molecule has 3 atom stereocenters. The first-order valence-electron chi connectivity index (χ1n) is 7.10. The molecule has 3 unspecified atom stereocenters. The van der Waals surface area contributed by atoms with E-state index in [-0.39, 0.29) is 5.60 Å². The van der Waals surface area contributed by atoms with Crippen molar-refractivity contribution in [1.82, 2.24) is 4.90 Å². The number of piperidine rings is 1. The van der Waals surface area contributed by atoms with E-state index in [2.05, 4.69) is 25.7 Å². The van der Waals surface area contributed by atoms with Gasteiger partial charge in [0.05, 0.1) is 11.7 Å². The lowest BCUT2D eigenvalue weighted by Crippen LogP contribution is -2.45. The Morgan fingerprint density at radius 2 is 2.12 bits per heavy atom. The molecular formula is C14H28N2O. The summed E-state index contributed by atoms with van der Waals surface area (Å²) in [6.45, 7) is 11.1. The minimum Gasteiger partial charge on any atom is -0.371 e. The van der Waals surface area contributed by atoms with Gasteiger partial charge in [0.1, 0.15) is 0 Å². The second-order valence-corrected chi connectivity index (χ2v) is 6.56. The summed E-state index contributed by atoms with van der Waals surface area (Å²) in [5.74, 6) is 1.47. The number of rotatable bonds is 3. The third kappa shape index (κ3) is 3.43. The summed E-state index contributed by atoms with van der Waals surface area (Å²) in [6.07, 6.45) is 4.14. The van der Waals surface area contributed by atoms with E-state index in [4.69, 9.17) is 10.5 Å². The number of hydrogen-bond donors (Lipinski definition) is 1. The van der Waals surface area contributed by atoms with Gasteiger partial charge in [-0.3, -0.25) is 0 Å². The molecule has 2 saturated heterocycles. The highest BCUT2D eigenvalue weighted by atomic mass is 16.5. The standard InChI is InChI=1S/C14H28N2O/c1-11-5-7-16(9-12(11)8-15)10-13-4-6-14(2,3)17-13/h11-13H,4-10,15H2,1-3H3. The number of hydrogen-bond acceptors (Lipinski definition) is 3. The van der Waals surface area contributed by atoms with E-state index in [0.717, 1.165) is 25.6 Å². The Bertz CT molecular complexity index is 255. The lowest BCUT2D eigenvalue weighted by Gasteiger charge is -2.37. The third-order valence-electron chi connectivity index (χ3n) is 4.52. The molecule has 0 saturated carbocycles. The Labute approximate surface area is 106 Å². The Hall–Kier alpha value is -0.120. The highest BCUT2D eigenvalue weighted by Crippen LogP contribution is 2.31. The first-order chi connectivity index (χ1) is 8.00. The van der Waals surface area contributed by atoms with Crippen LogP contribution in [0.15, 0.2) is 0 Å². The molecule has 3 heteroatoms. The molecule has 2 heterocycles. The Balaban J connectivity index is 1.80. The summed E-state index contributed by atoms with van der Waals surface area (Å²) >= 11 is 0. The zero-order chi connectivity index (χ0) is 12.5. The van der Waals surface area contributed by atoms with Crippen molar-refractivity contribution in [2.75, 3.05) is 26.2 Å². The fraction of sp³-hybridized carbons (Fsp3) is 1.00. The van der Waals surface area contributed by atoms with Gasteiger partial charge in [-0.15, -0.1) is 0 Å². The largest absolute Gasteiger partial charge is 0.371 e. The van der Waals surface area contributed by atoms with Gasteiger partial charge in [-0.2, -0.15) is 0 Å². The van der Waals surface area contributed by atoms with Crippen LogP contribution in [0.25, 0.3) is 0 Å². The number of ether oxygens (including phenoxy) is 1. The predicted molar refractivity (Wildman–Crippen MR) is 71.0 cm³/mol. The van der Waals surface area contributed by atoms with Crippen LogP contribution in [0.4, 0.5) is 0 Å². The predicted octanol–water partition coefficient (Wildman–Crippen LogP) is 1.86. The van der Waals surface area contributed by atoms with Gasteiger partial charge in [-0.05, 0) is 58.0 Å². The number of nitrogens with two attached hydrogens (primary N) is 1. The van der Waals surface area contributed by atoms with Gasteiger partial charge in [0.2, 0.25) is 0 Å². The molecule has 2 N–H and O–H groups in total. The molecule has 2 rings (SSSR count). The van der Waals surface area contributed by atoms with E-state index in [1.54, 1.807) is 0 Å². The maximum absolute atomic E-state index is 6.07. The number of likely N-dealkylation sites (tertiary alicyclic amines) is 1. The van der Waals surface area contributed by atoms with Crippen LogP contribution in [0.5, 0.6) is 0 Å².